The van der Waals surface area contributed by atoms with Crippen LogP contribution in [0.2, 0.25) is 0 Å². The Hall–Kier alpha value is -4.21. The van der Waals surface area contributed by atoms with Gasteiger partial charge in [0, 0.05) is 28.7 Å². The lowest BCUT2D eigenvalue weighted by Gasteiger charge is -2.19. The predicted molar refractivity (Wildman–Crippen MR) is 139 cm³/mol. The Balaban J connectivity index is 1.28. The summed E-state index contributed by atoms with van der Waals surface area (Å²) in [6.07, 6.45) is 0.845. The van der Waals surface area contributed by atoms with Crippen LogP contribution in [0.5, 0.6) is 0 Å². The van der Waals surface area contributed by atoms with E-state index < -0.39 is 17.7 Å². The minimum absolute atomic E-state index is 0.150. The third kappa shape index (κ3) is 3.66. The van der Waals surface area contributed by atoms with Gasteiger partial charge in [0.05, 0.1) is 45.9 Å². The summed E-state index contributed by atoms with van der Waals surface area (Å²) in [7, 11) is 0. The number of anilines is 1. The Kier molecular flexibility index (Phi) is 5.66. The highest BCUT2D eigenvalue weighted by Gasteiger charge is 2.36. The molecule has 1 aliphatic carbocycles. The first-order valence-electron chi connectivity index (χ1n) is 12.0. The highest BCUT2D eigenvalue weighted by atomic mass is 32.1. The van der Waals surface area contributed by atoms with E-state index in [0.29, 0.717) is 29.0 Å². The second-order valence-corrected chi connectivity index (χ2v) is 9.66. The Labute approximate surface area is 216 Å². The number of carbonyl (C=O) groups excluding carboxylic acids is 4. The van der Waals surface area contributed by atoms with Gasteiger partial charge in [0.1, 0.15) is 0 Å². The van der Waals surface area contributed by atoms with Crippen LogP contribution in [0.15, 0.2) is 54.6 Å². The van der Waals surface area contributed by atoms with Crippen LogP contribution in [0.25, 0.3) is 21.3 Å². The number of benzene rings is 3. The van der Waals surface area contributed by atoms with Gasteiger partial charge in [0.25, 0.3) is 17.7 Å². The molecule has 0 atom stereocenters. The monoisotopic (exact) mass is 511 g/mol. The summed E-state index contributed by atoms with van der Waals surface area (Å²) >= 11 is 1.33. The summed E-state index contributed by atoms with van der Waals surface area (Å²) in [5.74, 6) is -1.52. The number of aromatic nitrogens is 1. The maximum atomic E-state index is 13.5. The minimum Gasteiger partial charge on any atom is -0.380 e. The molecule has 6 rings (SSSR count). The first-order valence-corrected chi connectivity index (χ1v) is 12.7. The third-order valence-corrected chi connectivity index (χ3v) is 7.39. The van der Waals surface area contributed by atoms with E-state index in [1.165, 1.54) is 29.7 Å². The fourth-order valence-corrected chi connectivity index (χ4v) is 5.65. The van der Waals surface area contributed by atoms with E-state index in [4.69, 9.17) is 4.74 Å². The SMILES string of the molecule is CCCOCCN1C(=O)c2ccc(C(=O)Nc3cccc4c3C(=O)c3cccc5snc-4c35)cc2C1=O. The molecule has 0 saturated carbocycles. The van der Waals surface area contributed by atoms with E-state index in [1.54, 1.807) is 18.2 Å². The highest BCUT2D eigenvalue weighted by molar-refractivity contribution is 7.13. The van der Waals surface area contributed by atoms with Crippen LogP contribution in [0.3, 0.4) is 0 Å². The van der Waals surface area contributed by atoms with E-state index in [-0.39, 0.29) is 35.6 Å². The summed E-state index contributed by atoms with van der Waals surface area (Å²) in [5.41, 5.74) is 3.34. The zero-order chi connectivity index (χ0) is 25.7. The van der Waals surface area contributed by atoms with Crippen molar-refractivity contribution >= 4 is 50.8 Å². The van der Waals surface area contributed by atoms with Gasteiger partial charge in [0.15, 0.2) is 5.78 Å². The van der Waals surface area contributed by atoms with Crippen molar-refractivity contribution in [1.29, 1.82) is 0 Å². The second-order valence-electron chi connectivity index (χ2n) is 8.86. The maximum Gasteiger partial charge on any atom is 0.261 e. The fourth-order valence-electron chi connectivity index (χ4n) is 4.83. The first-order chi connectivity index (χ1) is 18.0. The molecule has 3 aromatic carbocycles. The van der Waals surface area contributed by atoms with E-state index in [2.05, 4.69) is 9.69 Å². The zero-order valence-corrected chi connectivity index (χ0v) is 20.7. The minimum atomic E-state index is -0.490. The zero-order valence-electron chi connectivity index (χ0n) is 19.9. The quantitative estimate of drug-likeness (QED) is 0.249. The molecule has 3 amide bonds. The maximum absolute atomic E-state index is 13.5. The number of amides is 3. The van der Waals surface area contributed by atoms with Gasteiger partial charge in [-0.3, -0.25) is 24.1 Å². The largest absolute Gasteiger partial charge is 0.380 e. The van der Waals surface area contributed by atoms with Gasteiger partial charge in [-0.15, -0.1) is 0 Å². The Morgan fingerprint density at radius 1 is 0.946 bits per heavy atom. The normalized spacial score (nSPS) is 13.8. The number of nitrogens with zero attached hydrogens (tertiary/aromatic N) is 2. The average molecular weight is 512 g/mol. The molecule has 1 aliphatic heterocycles. The average Bonchev–Trinajstić information content (AvgIpc) is 3.45. The van der Waals surface area contributed by atoms with E-state index in [0.717, 1.165) is 27.1 Å². The summed E-state index contributed by atoms with van der Waals surface area (Å²) in [4.78, 5) is 53.4. The molecule has 0 unspecified atom stereocenters. The van der Waals surface area contributed by atoms with E-state index >= 15 is 0 Å². The molecule has 9 heteroatoms. The molecule has 2 aliphatic rings. The topological polar surface area (TPSA) is 106 Å². The summed E-state index contributed by atoms with van der Waals surface area (Å²) in [6, 6.07) is 15.2. The number of ether oxygens (including phenoxy) is 1. The number of nitrogens with one attached hydrogen (secondary N) is 1. The number of hydrogen-bond donors (Lipinski definition) is 1. The molecule has 4 aromatic rings. The molecule has 37 heavy (non-hydrogen) atoms. The van der Waals surface area contributed by atoms with Crippen molar-refractivity contribution in [1.82, 2.24) is 9.27 Å². The number of imide groups is 1. The van der Waals surface area contributed by atoms with E-state index in [1.807, 2.05) is 25.1 Å². The second kappa shape index (κ2) is 9.02. The molecular weight excluding hydrogens is 490 g/mol. The number of hydrogen-bond acceptors (Lipinski definition) is 7. The van der Waals surface area contributed by atoms with Gasteiger partial charge >= 0.3 is 0 Å². The molecule has 0 radical (unpaired) electrons. The van der Waals surface area contributed by atoms with E-state index in [9.17, 15) is 19.2 Å². The van der Waals surface area contributed by atoms with Crippen LogP contribution in [0.4, 0.5) is 5.69 Å². The van der Waals surface area contributed by atoms with Crippen LogP contribution >= 0.6 is 11.5 Å². The molecule has 0 bridgehead atoms. The lowest BCUT2D eigenvalue weighted by atomic mass is 9.86. The van der Waals surface area contributed by atoms with Gasteiger partial charge in [0.2, 0.25) is 0 Å². The molecule has 184 valence electrons. The lowest BCUT2D eigenvalue weighted by Crippen LogP contribution is -2.33. The Morgan fingerprint density at radius 3 is 2.57 bits per heavy atom. The number of carbonyl (C=O) groups is 4. The van der Waals surface area contributed by atoms with Crippen molar-refractivity contribution in [3.8, 4) is 11.3 Å². The van der Waals surface area contributed by atoms with Crippen LogP contribution in [-0.4, -0.2) is 52.5 Å². The lowest BCUT2D eigenvalue weighted by molar-refractivity contribution is 0.0564. The van der Waals surface area contributed by atoms with Crippen molar-refractivity contribution in [2.75, 3.05) is 25.1 Å². The van der Waals surface area contributed by atoms with Crippen molar-refractivity contribution in [3.63, 3.8) is 0 Å². The van der Waals surface area contributed by atoms with Gasteiger partial charge in [-0.05, 0) is 48.3 Å². The Morgan fingerprint density at radius 2 is 1.73 bits per heavy atom. The van der Waals surface area contributed by atoms with Crippen LogP contribution in [0.1, 0.15) is 60.3 Å². The van der Waals surface area contributed by atoms with Gasteiger partial charge < -0.3 is 10.1 Å². The summed E-state index contributed by atoms with van der Waals surface area (Å²) < 4.78 is 10.9. The third-order valence-electron chi connectivity index (χ3n) is 6.58. The number of ketones is 1. The van der Waals surface area contributed by atoms with Gasteiger partial charge in [-0.25, -0.2) is 0 Å². The van der Waals surface area contributed by atoms with Crippen molar-refractivity contribution in [2.24, 2.45) is 0 Å². The molecule has 2 heterocycles. The molecule has 8 nitrogen and oxygen atoms in total. The number of fused-ring (bicyclic) bond motifs is 3. The molecular formula is C28H21N3O5S. The highest BCUT2D eigenvalue weighted by Crippen LogP contribution is 2.42. The van der Waals surface area contributed by atoms with Crippen molar-refractivity contribution in [3.05, 3.63) is 82.4 Å². The molecule has 0 spiro atoms. The Bertz CT molecular complexity index is 1640. The van der Waals surface area contributed by atoms with Crippen molar-refractivity contribution in [2.45, 2.75) is 13.3 Å². The standard InChI is InChI=1S/C28H21N3O5S/c1-2-12-36-13-11-31-27(34)16-10-9-15(14-19(16)28(31)35)26(33)29-20-7-3-5-17-22(20)25(32)18-6-4-8-21-23(18)24(17)30-37-21/h3-10,14H,2,11-13H2,1H3,(H,29,33). The molecule has 1 aromatic heterocycles. The van der Waals surface area contributed by atoms with Crippen LogP contribution in [0, 0.1) is 0 Å². The number of rotatable bonds is 7. The van der Waals surface area contributed by atoms with Crippen LogP contribution in [-0.2, 0) is 4.74 Å². The van der Waals surface area contributed by atoms with Crippen LogP contribution < -0.4 is 5.32 Å². The predicted octanol–water partition coefficient (Wildman–Crippen LogP) is 4.78. The first kappa shape index (κ1) is 23.2. The van der Waals surface area contributed by atoms with Gasteiger partial charge in [-0.2, -0.15) is 4.37 Å². The summed E-state index contributed by atoms with van der Waals surface area (Å²) in [5, 5.41) is 3.67. The summed E-state index contributed by atoms with van der Waals surface area (Å²) in [6.45, 7) is 2.94. The smallest absolute Gasteiger partial charge is 0.261 e. The van der Waals surface area contributed by atoms with Crippen molar-refractivity contribution < 1.29 is 23.9 Å². The molecule has 1 N–H and O–H groups in total. The van der Waals surface area contributed by atoms with Gasteiger partial charge in [-0.1, -0.05) is 31.2 Å². The molecule has 0 saturated heterocycles. The fraction of sp³-hybridized carbons (Fsp3) is 0.179. The molecule has 0 fully saturated rings.